The van der Waals surface area contributed by atoms with E-state index in [1.165, 1.54) is 55.9 Å². The topological polar surface area (TPSA) is 33.5 Å². The Bertz CT molecular complexity index is 3130. The van der Waals surface area contributed by atoms with Crippen molar-refractivity contribution < 1.29 is 25.8 Å². The van der Waals surface area contributed by atoms with E-state index >= 15 is 0 Å². The molecule has 0 saturated carbocycles. The van der Waals surface area contributed by atoms with Gasteiger partial charge >= 0.3 is 0 Å². The maximum Gasteiger partial charge on any atom is 0.136 e. The Morgan fingerprint density at radius 3 is 1.89 bits per heavy atom. The maximum absolute atomic E-state index is 6.67. The van der Waals surface area contributed by atoms with Crippen LogP contribution in [0.25, 0.3) is 61.0 Å². The summed E-state index contributed by atoms with van der Waals surface area (Å²) in [4.78, 5) is 9.53. The second kappa shape index (κ2) is 17.1. The van der Waals surface area contributed by atoms with Gasteiger partial charge in [-0.1, -0.05) is 135 Å². The van der Waals surface area contributed by atoms with Gasteiger partial charge < -0.3 is 19.1 Å². The Hall–Kier alpha value is -6.68. The van der Waals surface area contributed by atoms with Crippen LogP contribution in [0.15, 0.2) is 170 Å². The predicted octanol–water partition coefficient (Wildman–Crippen LogP) is 15.1. The van der Waals surface area contributed by atoms with Crippen molar-refractivity contribution in [2.45, 2.75) is 48.5 Å². The first-order chi connectivity index (χ1) is 30.5. The molecule has 1 aliphatic heterocycles. The number of allylic oxidation sites excluding steroid dienone is 1. The molecule has 6 heteroatoms. The minimum Gasteiger partial charge on any atom is -0.509 e. The van der Waals surface area contributed by atoms with Crippen LogP contribution < -0.4 is 14.5 Å². The van der Waals surface area contributed by atoms with Crippen molar-refractivity contribution in [3.63, 3.8) is 0 Å². The van der Waals surface area contributed by atoms with Crippen LogP contribution in [0.1, 0.15) is 43.0 Å². The van der Waals surface area contributed by atoms with Gasteiger partial charge in [-0.2, -0.15) is 12.1 Å². The molecule has 7 aromatic carbocycles. The van der Waals surface area contributed by atoms with Crippen LogP contribution in [0.5, 0.6) is 11.5 Å². The molecular formula is C58H49N4OPt-3. The fourth-order valence-corrected chi connectivity index (χ4v) is 9.27. The van der Waals surface area contributed by atoms with E-state index in [9.17, 15) is 0 Å². The molecule has 0 spiro atoms. The summed E-state index contributed by atoms with van der Waals surface area (Å²) in [5, 5.41) is 2.19. The van der Waals surface area contributed by atoms with Gasteiger partial charge in [0.2, 0.25) is 0 Å². The molecule has 0 bridgehead atoms. The van der Waals surface area contributed by atoms with E-state index in [0.717, 1.165) is 44.4 Å². The molecule has 10 rings (SSSR count). The summed E-state index contributed by atoms with van der Waals surface area (Å²) in [5.41, 5.74) is 17.0. The van der Waals surface area contributed by atoms with Gasteiger partial charge in [0.25, 0.3) is 0 Å². The minimum atomic E-state index is -0.133. The van der Waals surface area contributed by atoms with Crippen LogP contribution in [0, 0.1) is 51.9 Å². The summed E-state index contributed by atoms with van der Waals surface area (Å²) < 4.78 is 8.88. The number of nitrogens with zero attached hydrogens (tertiary/aromatic N) is 4. The molecule has 0 N–H and O–H groups in total. The van der Waals surface area contributed by atoms with Gasteiger partial charge in [-0.05, 0) is 108 Å². The molecule has 0 fully saturated rings. The molecule has 0 radical (unpaired) electrons. The second-order valence-corrected chi connectivity index (χ2v) is 17.7. The molecule has 9 aromatic rings. The molecule has 5 nitrogen and oxygen atoms in total. The third-order valence-corrected chi connectivity index (χ3v) is 11.9. The van der Waals surface area contributed by atoms with Crippen molar-refractivity contribution in [2.24, 2.45) is 5.41 Å². The molecule has 0 aliphatic carbocycles. The number of pyridine rings is 1. The number of aromatic nitrogens is 2. The zero-order chi connectivity index (χ0) is 43.4. The van der Waals surface area contributed by atoms with Gasteiger partial charge in [-0.15, -0.1) is 48.1 Å². The smallest absolute Gasteiger partial charge is 0.136 e. The summed E-state index contributed by atoms with van der Waals surface area (Å²) in [5.74, 6) is 2.00. The number of benzene rings is 7. The fourth-order valence-electron chi connectivity index (χ4n) is 9.27. The number of aryl methyl sites for hydroxylation is 4. The van der Waals surface area contributed by atoms with Gasteiger partial charge in [0, 0.05) is 61.1 Å². The van der Waals surface area contributed by atoms with Crippen molar-refractivity contribution in [3.05, 3.63) is 211 Å². The van der Waals surface area contributed by atoms with Gasteiger partial charge in [-0.3, -0.25) is 0 Å². The van der Waals surface area contributed by atoms with Crippen molar-refractivity contribution >= 4 is 33.2 Å². The zero-order valence-electron chi connectivity index (χ0n) is 37.2. The number of hydrogen-bond donors (Lipinski definition) is 0. The van der Waals surface area contributed by atoms with E-state index in [1.807, 2.05) is 24.4 Å². The third kappa shape index (κ3) is 7.95. The molecule has 2 aromatic heterocycles. The van der Waals surface area contributed by atoms with Gasteiger partial charge in [0.05, 0.1) is 0 Å². The zero-order valence-corrected chi connectivity index (χ0v) is 39.5. The predicted molar refractivity (Wildman–Crippen MR) is 261 cm³/mol. The summed E-state index contributed by atoms with van der Waals surface area (Å²) in [6, 6.07) is 60.7. The first-order valence-corrected chi connectivity index (χ1v) is 21.6. The standard InChI is InChI=1S/C58H49N4O.Pt/c1-38-29-40(3)57(41(4)30-38)60-36-54(58(5,6)7)61(37-60)45-21-16-22-46(34-45)63-47-25-26-49-48-23-14-15-24-52(48)62(53(49)35-47)55-33-44(27-28-59-55)56-50(42-17-10-8-11-18-42)31-39(2)32-51(56)43-19-12-9-13-20-43;/h8-33,36-37H,1-7H3;/q-3;. The van der Waals surface area contributed by atoms with Gasteiger partial charge in [0.15, 0.2) is 0 Å². The molecule has 1 aliphatic rings. The van der Waals surface area contributed by atoms with Crippen molar-refractivity contribution in [2.75, 3.05) is 9.80 Å². The first kappa shape index (κ1) is 42.6. The van der Waals surface area contributed by atoms with Crippen molar-refractivity contribution in [1.82, 2.24) is 9.55 Å². The van der Waals surface area contributed by atoms with Crippen LogP contribution in [0.2, 0.25) is 0 Å². The molecule has 0 amide bonds. The maximum atomic E-state index is 6.67. The van der Waals surface area contributed by atoms with E-state index < -0.39 is 0 Å². The number of ether oxygens (including phenoxy) is 1. The Morgan fingerprint density at radius 2 is 1.22 bits per heavy atom. The molecule has 0 saturated heterocycles. The number of hydrogen-bond acceptors (Lipinski definition) is 4. The summed E-state index contributed by atoms with van der Waals surface area (Å²) in [6.45, 7) is 17.6. The van der Waals surface area contributed by atoms with Crippen LogP contribution in [-0.2, 0) is 21.1 Å². The van der Waals surface area contributed by atoms with E-state index in [2.05, 4.69) is 221 Å². The monoisotopic (exact) mass is 1010 g/mol. The number of para-hydroxylation sites is 1. The fraction of sp³-hybridized carbons (Fsp3) is 0.138. The molecule has 320 valence electrons. The average Bonchev–Trinajstić information content (AvgIpc) is 3.87. The first-order valence-electron chi connectivity index (χ1n) is 21.6. The van der Waals surface area contributed by atoms with Crippen LogP contribution in [0.3, 0.4) is 0 Å². The third-order valence-electron chi connectivity index (χ3n) is 11.9. The molecule has 0 unspecified atom stereocenters. The average molecular weight is 1010 g/mol. The Morgan fingerprint density at radius 1 is 0.594 bits per heavy atom. The van der Waals surface area contributed by atoms with E-state index in [0.29, 0.717) is 11.5 Å². The minimum absolute atomic E-state index is 0. The second-order valence-electron chi connectivity index (χ2n) is 17.7. The number of anilines is 2. The van der Waals surface area contributed by atoms with Crippen molar-refractivity contribution in [1.29, 1.82) is 0 Å². The summed E-state index contributed by atoms with van der Waals surface area (Å²) >= 11 is 0. The van der Waals surface area contributed by atoms with Gasteiger partial charge in [-0.25, -0.2) is 4.98 Å². The van der Waals surface area contributed by atoms with E-state index in [-0.39, 0.29) is 26.5 Å². The summed E-state index contributed by atoms with van der Waals surface area (Å²) in [7, 11) is 0. The van der Waals surface area contributed by atoms with Crippen LogP contribution in [-0.4, -0.2) is 9.55 Å². The Labute approximate surface area is 391 Å². The van der Waals surface area contributed by atoms with Crippen molar-refractivity contribution in [3.8, 4) is 50.7 Å². The number of rotatable bonds is 8. The SMILES string of the molecule is Cc1cc(C)c(N2C=C(C(C)(C)C)N(c3[c-]c(Oc4[c-]c5c(cc4)c4ccccc4n5-c4cc(-c5c(-c6ccccc6)cc(C)cc5-c5ccccc5)ccn4)ccc3)[CH-]2)c(C)c1.[Pt]. The largest absolute Gasteiger partial charge is 0.509 e. The molecule has 3 heterocycles. The Kier molecular flexibility index (Phi) is 11.4. The quantitative estimate of drug-likeness (QED) is 0.142. The van der Waals surface area contributed by atoms with Gasteiger partial charge in [0.1, 0.15) is 5.82 Å². The molecular weight excluding hydrogens is 964 g/mol. The molecule has 0 atom stereocenters. The summed E-state index contributed by atoms with van der Waals surface area (Å²) in [6.07, 6.45) is 4.17. The number of fused-ring (bicyclic) bond motifs is 3. The van der Waals surface area contributed by atoms with Crippen LogP contribution >= 0.6 is 0 Å². The van der Waals surface area contributed by atoms with E-state index in [4.69, 9.17) is 9.72 Å². The van der Waals surface area contributed by atoms with Crippen LogP contribution in [0.4, 0.5) is 11.4 Å². The van der Waals surface area contributed by atoms with E-state index in [1.54, 1.807) is 0 Å². The normalized spacial score (nSPS) is 12.8. The Balaban J connectivity index is 0.00000518. The molecule has 64 heavy (non-hydrogen) atoms.